The second-order valence-electron chi connectivity index (χ2n) is 3.39. The van der Waals surface area contributed by atoms with E-state index in [4.69, 9.17) is 5.73 Å². The van der Waals surface area contributed by atoms with Crippen LogP contribution in [0.1, 0.15) is 25.7 Å². The first-order chi connectivity index (χ1) is 5.24. The molecule has 11 heavy (non-hydrogen) atoms. The van der Waals surface area contributed by atoms with E-state index in [1.165, 1.54) is 0 Å². The van der Waals surface area contributed by atoms with Crippen molar-refractivity contribution in [1.82, 2.24) is 0 Å². The highest BCUT2D eigenvalue weighted by molar-refractivity contribution is 4.78. The SMILES string of the molecule is NCCC1CCC(O)C(O)C1. The van der Waals surface area contributed by atoms with Gasteiger partial charge in [0.05, 0.1) is 12.2 Å². The molecule has 4 N–H and O–H groups in total. The number of nitrogens with two attached hydrogens (primary N) is 1. The Morgan fingerprint density at radius 2 is 1.91 bits per heavy atom. The first-order valence-electron chi connectivity index (χ1n) is 4.30. The lowest BCUT2D eigenvalue weighted by Gasteiger charge is -2.29. The largest absolute Gasteiger partial charge is 0.390 e. The van der Waals surface area contributed by atoms with Gasteiger partial charge in [-0.25, -0.2) is 0 Å². The minimum absolute atomic E-state index is 0.496. The fraction of sp³-hybridized carbons (Fsp3) is 1.00. The summed E-state index contributed by atoms with van der Waals surface area (Å²) in [5.41, 5.74) is 5.40. The highest BCUT2D eigenvalue weighted by atomic mass is 16.3. The smallest absolute Gasteiger partial charge is 0.0801 e. The predicted molar refractivity (Wildman–Crippen MR) is 43.0 cm³/mol. The van der Waals surface area contributed by atoms with Crippen LogP contribution < -0.4 is 5.73 Å². The van der Waals surface area contributed by atoms with Crippen molar-refractivity contribution in [2.45, 2.75) is 37.9 Å². The van der Waals surface area contributed by atoms with Crippen LogP contribution in [0.4, 0.5) is 0 Å². The zero-order valence-electron chi connectivity index (χ0n) is 6.74. The summed E-state index contributed by atoms with van der Waals surface area (Å²) in [6.45, 7) is 0.688. The molecule has 0 bridgehead atoms. The average Bonchev–Trinajstić information content (AvgIpc) is 1.98. The molecule has 1 rings (SSSR count). The van der Waals surface area contributed by atoms with Crippen molar-refractivity contribution in [2.24, 2.45) is 11.7 Å². The predicted octanol–water partition coefficient (Wildman–Crippen LogP) is -0.143. The van der Waals surface area contributed by atoms with E-state index >= 15 is 0 Å². The Kier molecular flexibility index (Phi) is 3.30. The van der Waals surface area contributed by atoms with E-state index in [0.29, 0.717) is 12.5 Å². The summed E-state index contributed by atoms with van der Waals surface area (Å²) in [7, 11) is 0. The molecule has 0 amide bonds. The molecule has 0 aromatic carbocycles. The number of rotatable bonds is 2. The number of hydrogen-bond acceptors (Lipinski definition) is 3. The monoisotopic (exact) mass is 159 g/mol. The van der Waals surface area contributed by atoms with E-state index in [0.717, 1.165) is 25.7 Å². The van der Waals surface area contributed by atoms with Gasteiger partial charge < -0.3 is 15.9 Å². The summed E-state index contributed by atoms with van der Waals surface area (Å²) in [5.74, 6) is 0.526. The summed E-state index contributed by atoms with van der Waals surface area (Å²) < 4.78 is 0. The summed E-state index contributed by atoms with van der Waals surface area (Å²) in [4.78, 5) is 0. The van der Waals surface area contributed by atoms with Crippen LogP contribution in [0.2, 0.25) is 0 Å². The lowest BCUT2D eigenvalue weighted by Crippen LogP contribution is -2.34. The van der Waals surface area contributed by atoms with E-state index in [-0.39, 0.29) is 0 Å². The van der Waals surface area contributed by atoms with E-state index in [1.54, 1.807) is 0 Å². The maximum Gasteiger partial charge on any atom is 0.0801 e. The fourth-order valence-corrected chi connectivity index (χ4v) is 1.71. The Morgan fingerprint density at radius 3 is 2.45 bits per heavy atom. The van der Waals surface area contributed by atoms with Crippen LogP contribution in [0.3, 0.4) is 0 Å². The molecule has 0 heterocycles. The van der Waals surface area contributed by atoms with Gasteiger partial charge >= 0.3 is 0 Å². The highest BCUT2D eigenvalue weighted by Gasteiger charge is 2.26. The molecule has 3 unspecified atom stereocenters. The zero-order valence-corrected chi connectivity index (χ0v) is 6.74. The van der Waals surface area contributed by atoms with E-state index in [9.17, 15) is 10.2 Å². The first-order valence-corrected chi connectivity index (χ1v) is 4.30. The third kappa shape index (κ3) is 2.43. The molecular weight excluding hydrogens is 142 g/mol. The van der Waals surface area contributed by atoms with Crippen molar-refractivity contribution >= 4 is 0 Å². The molecule has 0 saturated heterocycles. The normalized spacial score (nSPS) is 39.0. The number of aliphatic hydroxyl groups is 2. The molecule has 66 valence electrons. The molecule has 1 aliphatic carbocycles. The van der Waals surface area contributed by atoms with Gasteiger partial charge in [0.1, 0.15) is 0 Å². The summed E-state index contributed by atoms with van der Waals surface area (Å²) in [5, 5.41) is 18.5. The third-order valence-corrected chi connectivity index (χ3v) is 2.46. The van der Waals surface area contributed by atoms with Crippen LogP contribution in [-0.4, -0.2) is 29.0 Å². The molecule has 3 atom stereocenters. The van der Waals surface area contributed by atoms with Gasteiger partial charge in [-0.15, -0.1) is 0 Å². The zero-order chi connectivity index (χ0) is 8.27. The fourth-order valence-electron chi connectivity index (χ4n) is 1.71. The lowest BCUT2D eigenvalue weighted by molar-refractivity contribution is -0.0261. The second kappa shape index (κ2) is 4.04. The van der Waals surface area contributed by atoms with Gasteiger partial charge in [-0.1, -0.05) is 0 Å². The minimum atomic E-state index is -0.514. The van der Waals surface area contributed by atoms with E-state index < -0.39 is 12.2 Å². The summed E-state index contributed by atoms with van der Waals surface area (Å²) in [6, 6.07) is 0. The van der Waals surface area contributed by atoms with Gasteiger partial charge in [0.15, 0.2) is 0 Å². The highest BCUT2D eigenvalue weighted by Crippen LogP contribution is 2.26. The molecule has 0 aliphatic heterocycles. The molecule has 3 nitrogen and oxygen atoms in total. The molecule has 0 aromatic heterocycles. The summed E-state index contributed by atoms with van der Waals surface area (Å²) in [6.07, 6.45) is 2.42. The Labute approximate surface area is 67.2 Å². The van der Waals surface area contributed by atoms with Gasteiger partial charge in [-0.05, 0) is 38.1 Å². The van der Waals surface area contributed by atoms with Crippen molar-refractivity contribution < 1.29 is 10.2 Å². The quantitative estimate of drug-likeness (QED) is 0.525. The Bertz CT molecular complexity index is 119. The van der Waals surface area contributed by atoms with Crippen molar-refractivity contribution in [3.05, 3.63) is 0 Å². The van der Waals surface area contributed by atoms with Crippen LogP contribution in [0.5, 0.6) is 0 Å². The topological polar surface area (TPSA) is 66.5 Å². The Morgan fingerprint density at radius 1 is 1.18 bits per heavy atom. The summed E-state index contributed by atoms with van der Waals surface area (Å²) >= 11 is 0. The molecule has 0 radical (unpaired) electrons. The van der Waals surface area contributed by atoms with Gasteiger partial charge in [-0.2, -0.15) is 0 Å². The molecular formula is C8H17NO2. The molecule has 0 spiro atoms. The van der Waals surface area contributed by atoms with Crippen LogP contribution in [-0.2, 0) is 0 Å². The van der Waals surface area contributed by atoms with Gasteiger partial charge in [0, 0.05) is 0 Å². The second-order valence-corrected chi connectivity index (χ2v) is 3.39. The van der Waals surface area contributed by atoms with Crippen LogP contribution in [0.25, 0.3) is 0 Å². The third-order valence-electron chi connectivity index (χ3n) is 2.46. The maximum absolute atomic E-state index is 9.28. The molecule has 1 fully saturated rings. The molecule has 0 aromatic rings. The van der Waals surface area contributed by atoms with Crippen LogP contribution in [0.15, 0.2) is 0 Å². The Balaban J connectivity index is 2.28. The van der Waals surface area contributed by atoms with Crippen molar-refractivity contribution in [2.75, 3.05) is 6.54 Å². The molecule has 3 heteroatoms. The average molecular weight is 159 g/mol. The first kappa shape index (κ1) is 8.97. The Hall–Kier alpha value is -0.120. The standard InChI is InChI=1S/C8H17NO2/c9-4-3-6-1-2-7(10)8(11)5-6/h6-8,10-11H,1-5,9H2. The lowest BCUT2D eigenvalue weighted by atomic mass is 9.83. The number of aliphatic hydroxyl groups excluding tert-OH is 2. The van der Waals surface area contributed by atoms with Crippen molar-refractivity contribution in [3.8, 4) is 0 Å². The van der Waals surface area contributed by atoms with E-state index in [1.807, 2.05) is 0 Å². The molecule has 1 aliphatic rings. The van der Waals surface area contributed by atoms with Crippen molar-refractivity contribution in [1.29, 1.82) is 0 Å². The van der Waals surface area contributed by atoms with Gasteiger partial charge in [0.25, 0.3) is 0 Å². The van der Waals surface area contributed by atoms with Crippen molar-refractivity contribution in [3.63, 3.8) is 0 Å². The van der Waals surface area contributed by atoms with Gasteiger partial charge in [0.2, 0.25) is 0 Å². The van der Waals surface area contributed by atoms with Crippen LogP contribution >= 0.6 is 0 Å². The van der Waals surface area contributed by atoms with Gasteiger partial charge in [-0.3, -0.25) is 0 Å². The minimum Gasteiger partial charge on any atom is -0.390 e. The maximum atomic E-state index is 9.28. The van der Waals surface area contributed by atoms with Crippen LogP contribution in [0, 0.1) is 5.92 Å². The van der Waals surface area contributed by atoms with E-state index in [2.05, 4.69) is 0 Å². The number of hydrogen-bond donors (Lipinski definition) is 3. The molecule has 1 saturated carbocycles.